The van der Waals surface area contributed by atoms with Crippen molar-refractivity contribution in [3.63, 3.8) is 0 Å². The van der Waals surface area contributed by atoms with Crippen molar-refractivity contribution in [3.8, 4) is 0 Å². The van der Waals surface area contributed by atoms with Crippen molar-refractivity contribution in [1.82, 2.24) is 0 Å². The average molecular weight is 191 g/mol. The van der Waals surface area contributed by atoms with Crippen molar-refractivity contribution >= 4 is 14.5 Å². The standard InChI is InChI=1S/C8H16O3P/c1-3-5-6-8(11-12-10)7(9)4-2/h8,12H,3-6H2,1-2H3/q+1. The Morgan fingerprint density at radius 2 is 2.17 bits per heavy atom. The summed E-state index contributed by atoms with van der Waals surface area (Å²) in [5, 5.41) is 0. The topological polar surface area (TPSA) is 43.4 Å². The van der Waals surface area contributed by atoms with E-state index in [1.807, 2.05) is 6.92 Å². The number of rotatable bonds is 7. The second kappa shape index (κ2) is 7.38. The highest BCUT2D eigenvalue weighted by molar-refractivity contribution is 7.17. The van der Waals surface area contributed by atoms with E-state index in [1.54, 1.807) is 6.92 Å². The first-order chi connectivity index (χ1) is 5.76. The fraction of sp³-hybridized carbons (Fsp3) is 0.875. The van der Waals surface area contributed by atoms with Crippen LogP contribution >= 0.6 is 8.69 Å². The Kier molecular flexibility index (Phi) is 7.22. The molecule has 4 heteroatoms. The molecule has 0 saturated heterocycles. The summed E-state index contributed by atoms with van der Waals surface area (Å²) >= 11 is 0. The van der Waals surface area contributed by atoms with Crippen molar-refractivity contribution in [1.29, 1.82) is 0 Å². The molecule has 12 heavy (non-hydrogen) atoms. The second-order valence-corrected chi connectivity index (χ2v) is 3.05. The van der Waals surface area contributed by atoms with Crippen LogP contribution in [0.2, 0.25) is 0 Å². The molecule has 0 fully saturated rings. The first-order valence-electron chi connectivity index (χ1n) is 4.31. The summed E-state index contributed by atoms with van der Waals surface area (Å²) in [7, 11) is -0.826. The van der Waals surface area contributed by atoms with Gasteiger partial charge in [-0.1, -0.05) is 26.7 Å². The molecule has 0 amide bonds. The third kappa shape index (κ3) is 4.58. The first kappa shape index (κ1) is 11.7. The molecule has 0 spiro atoms. The Bertz CT molecular complexity index is 147. The zero-order valence-electron chi connectivity index (χ0n) is 7.63. The van der Waals surface area contributed by atoms with Gasteiger partial charge < -0.3 is 0 Å². The Morgan fingerprint density at radius 1 is 1.50 bits per heavy atom. The van der Waals surface area contributed by atoms with E-state index in [4.69, 9.17) is 4.52 Å². The molecule has 0 aromatic carbocycles. The summed E-state index contributed by atoms with van der Waals surface area (Å²) in [4.78, 5) is 11.1. The number of Topliss-reactive ketones (excluding diaryl/α,β-unsaturated/α-hetero) is 1. The summed E-state index contributed by atoms with van der Waals surface area (Å²) in [6.45, 7) is 3.84. The van der Waals surface area contributed by atoms with E-state index in [0.29, 0.717) is 12.8 Å². The summed E-state index contributed by atoms with van der Waals surface area (Å²) in [5.74, 6) is 0.0480. The molecule has 0 rings (SSSR count). The maximum atomic E-state index is 11.1. The van der Waals surface area contributed by atoms with Gasteiger partial charge in [0.2, 0.25) is 0 Å². The van der Waals surface area contributed by atoms with Crippen LogP contribution in [0.5, 0.6) is 0 Å². The van der Waals surface area contributed by atoms with Crippen LogP contribution in [-0.4, -0.2) is 11.9 Å². The van der Waals surface area contributed by atoms with Gasteiger partial charge in [0.15, 0.2) is 11.9 Å². The van der Waals surface area contributed by atoms with Gasteiger partial charge in [0.1, 0.15) is 0 Å². The highest BCUT2D eigenvalue weighted by Gasteiger charge is 2.20. The van der Waals surface area contributed by atoms with Crippen molar-refractivity contribution in [3.05, 3.63) is 0 Å². The zero-order chi connectivity index (χ0) is 9.40. The van der Waals surface area contributed by atoms with Gasteiger partial charge in [0.25, 0.3) is 0 Å². The van der Waals surface area contributed by atoms with Gasteiger partial charge in [0, 0.05) is 6.42 Å². The number of carbonyl (C=O) groups excluding carboxylic acids is 1. The normalized spacial score (nSPS) is 13.2. The minimum atomic E-state index is -0.826. The molecule has 0 heterocycles. The lowest BCUT2D eigenvalue weighted by atomic mass is 10.1. The highest BCUT2D eigenvalue weighted by Crippen LogP contribution is 2.12. The molecular weight excluding hydrogens is 175 g/mol. The van der Waals surface area contributed by atoms with Crippen molar-refractivity contribution in [2.45, 2.75) is 45.6 Å². The molecule has 0 radical (unpaired) electrons. The number of hydrogen-bond donors (Lipinski definition) is 0. The lowest BCUT2D eigenvalue weighted by molar-refractivity contribution is -0.125. The Labute approximate surface area is 74.8 Å². The zero-order valence-corrected chi connectivity index (χ0v) is 8.63. The third-order valence-electron chi connectivity index (χ3n) is 1.72. The largest absolute Gasteiger partial charge is 0.494 e. The van der Waals surface area contributed by atoms with Gasteiger partial charge in [-0.05, 0) is 11.0 Å². The van der Waals surface area contributed by atoms with E-state index in [2.05, 4.69) is 0 Å². The van der Waals surface area contributed by atoms with E-state index in [-0.39, 0.29) is 5.78 Å². The number of unbranched alkanes of at least 4 members (excludes halogenated alkanes) is 1. The molecule has 0 bridgehead atoms. The molecule has 0 aromatic heterocycles. The smallest absolute Gasteiger partial charge is 0.297 e. The van der Waals surface area contributed by atoms with Gasteiger partial charge in [-0.3, -0.25) is 4.79 Å². The lowest BCUT2D eigenvalue weighted by Gasteiger charge is -2.05. The fourth-order valence-electron chi connectivity index (χ4n) is 0.961. The molecular formula is C8H16O3P+. The summed E-state index contributed by atoms with van der Waals surface area (Å²) in [6.07, 6.45) is 2.68. The first-order valence-corrected chi connectivity index (χ1v) is 5.13. The molecule has 0 aliphatic carbocycles. The van der Waals surface area contributed by atoms with Crippen LogP contribution in [0.15, 0.2) is 0 Å². The quantitative estimate of drug-likeness (QED) is 0.580. The van der Waals surface area contributed by atoms with Crippen LogP contribution in [0.3, 0.4) is 0 Å². The van der Waals surface area contributed by atoms with E-state index in [9.17, 15) is 9.36 Å². The molecule has 3 nitrogen and oxygen atoms in total. The monoisotopic (exact) mass is 191 g/mol. The Morgan fingerprint density at radius 3 is 2.58 bits per heavy atom. The van der Waals surface area contributed by atoms with E-state index in [0.717, 1.165) is 12.8 Å². The maximum Gasteiger partial charge on any atom is 0.494 e. The van der Waals surface area contributed by atoms with Crippen LogP contribution in [0, 0.1) is 0 Å². The van der Waals surface area contributed by atoms with Crippen LogP contribution in [-0.2, 0) is 13.9 Å². The molecule has 0 saturated carbocycles. The van der Waals surface area contributed by atoms with Gasteiger partial charge in [-0.2, -0.15) is 0 Å². The predicted molar refractivity (Wildman–Crippen MR) is 48.7 cm³/mol. The molecule has 0 aliphatic rings. The summed E-state index contributed by atoms with van der Waals surface area (Å²) in [6, 6.07) is 0. The highest BCUT2D eigenvalue weighted by atomic mass is 31.1. The third-order valence-corrected chi connectivity index (χ3v) is 2.10. The Balaban J connectivity index is 3.84. The van der Waals surface area contributed by atoms with Crippen molar-refractivity contribution in [2.75, 3.05) is 0 Å². The second-order valence-electron chi connectivity index (χ2n) is 2.65. The van der Waals surface area contributed by atoms with Crippen LogP contribution < -0.4 is 0 Å². The number of hydrogen-bond acceptors (Lipinski definition) is 3. The minimum absolute atomic E-state index is 0.0480. The van der Waals surface area contributed by atoms with Gasteiger partial charge >= 0.3 is 8.69 Å². The number of carbonyl (C=O) groups is 1. The molecule has 70 valence electrons. The van der Waals surface area contributed by atoms with Gasteiger partial charge in [0.05, 0.1) is 0 Å². The van der Waals surface area contributed by atoms with E-state index in [1.165, 1.54) is 0 Å². The number of ketones is 1. The van der Waals surface area contributed by atoms with Gasteiger partial charge in [-0.25, -0.2) is 0 Å². The molecule has 0 N–H and O–H groups in total. The molecule has 0 aliphatic heterocycles. The van der Waals surface area contributed by atoms with Crippen molar-refractivity contribution in [2.24, 2.45) is 0 Å². The van der Waals surface area contributed by atoms with E-state index >= 15 is 0 Å². The fourth-order valence-corrected chi connectivity index (χ4v) is 1.33. The Hall–Kier alpha value is -0.270. The average Bonchev–Trinajstić information content (AvgIpc) is 2.11. The van der Waals surface area contributed by atoms with Crippen LogP contribution in [0.25, 0.3) is 0 Å². The SMILES string of the molecule is CCCCC(O[PH+]=O)C(=O)CC. The molecule has 2 unspecified atom stereocenters. The van der Waals surface area contributed by atoms with Crippen LogP contribution in [0.1, 0.15) is 39.5 Å². The summed E-state index contributed by atoms with van der Waals surface area (Å²) < 4.78 is 15.0. The predicted octanol–water partition coefficient (Wildman–Crippen LogP) is 2.48. The van der Waals surface area contributed by atoms with Crippen molar-refractivity contribution < 1.29 is 13.9 Å². The van der Waals surface area contributed by atoms with Crippen LogP contribution in [0.4, 0.5) is 0 Å². The summed E-state index contributed by atoms with van der Waals surface area (Å²) in [5.41, 5.74) is 0. The van der Waals surface area contributed by atoms with Gasteiger partial charge in [-0.15, -0.1) is 4.52 Å². The molecule has 0 aromatic rings. The minimum Gasteiger partial charge on any atom is -0.297 e. The molecule has 2 atom stereocenters. The van der Waals surface area contributed by atoms with E-state index < -0.39 is 14.8 Å². The lowest BCUT2D eigenvalue weighted by Crippen LogP contribution is -2.20. The maximum absolute atomic E-state index is 11.1.